The Balaban J connectivity index is 1.80. The molecule has 0 radical (unpaired) electrons. The van der Waals surface area contributed by atoms with Crippen molar-refractivity contribution in [3.05, 3.63) is 42.2 Å². The maximum Gasteiger partial charge on any atom is 0.119 e. The zero-order chi connectivity index (χ0) is 12.6. The van der Waals surface area contributed by atoms with Gasteiger partial charge in [0.1, 0.15) is 12.4 Å². The van der Waals surface area contributed by atoms with Crippen LogP contribution in [0.25, 0.3) is 0 Å². The first kappa shape index (κ1) is 12.4. The maximum absolute atomic E-state index is 5.48. The van der Waals surface area contributed by atoms with E-state index in [9.17, 15) is 0 Å². The number of aromatic nitrogens is 2. The molecule has 1 aromatic carbocycles. The van der Waals surface area contributed by atoms with Crippen molar-refractivity contribution in [2.24, 2.45) is 0 Å². The fourth-order valence-corrected chi connectivity index (χ4v) is 1.49. The molecular formula is C13H17N3O2. The normalized spacial score (nSPS) is 10.3. The van der Waals surface area contributed by atoms with E-state index >= 15 is 0 Å². The number of nitrogens with zero attached hydrogens (tertiary/aromatic N) is 1. The molecule has 1 heterocycles. The van der Waals surface area contributed by atoms with E-state index in [0.717, 1.165) is 23.7 Å². The highest BCUT2D eigenvalue weighted by molar-refractivity contribution is 5.46. The Morgan fingerprint density at radius 1 is 1.17 bits per heavy atom. The quantitative estimate of drug-likeness (QED) is 0.735. The van der Waals surface area contributed by atoms with Crippen LogP contribution in [0.5, 0.6) is 5.75 Å². The van der Waals surface area contributed by atoms with Crippen molar-refractivity contribution >= 4 is 5.69 Å². The Kier molecular flexibility index (Phi) is 4.60. The highest BCUT2D eigenvalue weighted by Gasteiger charge is 1.96. The van der Waals surface area contributed by atoms with Gasteiger partial charge in [-0.25, -0.2) is 0 Å². The molecule has 0 bridgehead atoms. The van der Waals surface area contributed by atoms with Crippen LogP contribution in [0.3, 0.4) is 0 Å². The average molecular weight is 247 g/mol. The van der Waals surface area contributed by atoms with Crippen LogP contribution in [0.4, 0.5) is 5.69 Å². The first-order valence-electron chi connectivity index (χ1n) is 5.82. The minimum atomic E-state index is 0.567. The van der Waals surface area contributed by atoms with Gasteiger partial charge in [-0.3, -0.25) is 5.10 Å². The largest absolute Gasteiger partial charge is 0.491 e. The van der Waals surface area contributed by atoms with Crippen LogP contribution >= 0.6 is 0 Å². The van der Waals surface area contributed by atoms with Gasteiger partial charge in [-0.05, 0) is 30.3 Å². The van der Waals surface area contributed by atoms with Gasteiger partial charge in [0, 0.05) is 19.0 Å². The summed E-state index contributed by atoms with van der Waals surface area (Å²) in [4.78, 5) is 0. The van der Waals surface area contributed by atoms with Crippen molar-refractivity contribution < 1.29 is 9.47 Å². The van der Waals surface area contributed by atoms with Crippen LogP contribution in [-0.4, -0.2) is 30.5 Å². The van der Waals surface area contributed by atoms with Crippen LogP contribution in [0.15, 0.2) is 36.5 Å². The molecule has 18 heavy (non-hydrogen) atoms. The zero-order valence-corrected chi connectivity index (χ0v) is 10.3. The minimum Gasteiger partial charge on any atom is -0.491 e. The molecule has 5 nitrogen and oxygen atoms in total. The molecule has 1 aromatic heterocycles. The second-order valence-electron chi connectivity index (χ2n) is 3.80. The highest BCUT2D eigenvalue weighted by atomic mass is 16.5. The standard InChI is InChI=1S/C13H17N3O2/c1-17-8-9-18-13-4-2-11(3-5-13)14-10-12-6-7-15-16-12/h2-7,14H,8-10H2,1H3,(H,15,16). The number of nitrogens with one attached hydrogen (secondary N) is 2. The van der Waals surface area contributed by atoms with Gasteiger partial charge in [0.15, 0.2) is 0 Å². The van der Waals surface area contributed by atoms with E-state index in [1.54, 1.807) is 13.3 Å². The Morgan fingerprint density at radius 2 is 2.00 bits per heavy atom. The lowest BCUT2D eigenvalue weighted by molar-refractivity contribution is 0.146. The van der Waals surface area contributed by atoms with E-state index in [0.29, 0.717) is 13.2 Å². The van der Waals surface area contributed by atoms with E-state index in [-0.39, 0.29) is 0 Å². The lowest BCUT2D eigenvalue weighted by Gasteiger charge is -2.08. The number of methoxy groups -OCH3 is 1. The Morgan fingerprint density at radius 3 is 2.67 bits per heavy atom. The molecule has 0 aliphatic rings. The number of aromatic amines is 1. The van der Waals surface area contributed by atoms with Gasteiger partial charge >= 0.3 is 0 Å². The summed E-state index contributed by atoms with van der Waals surface area (Å²) in [5.74, 6) is 0.846. The summed E-state index contributed by atoms with van der Waals surface area (Å²) in [5.41, 5.74) is 2.10. The van der Waals surface area contributed by atoms with Crippen molar-refractivity contribution in [3.8, 4) is 5.75 Å². The third-order valence-corrected chi connectivity index (χ3v) is 2.45. The van der Waals surface area contributed by atoms with E-state index in [1.807, 2.05) is 30.3 Å². The number of ether oxygens (including phenoxy) is 2. The second-order valence-corrected chi connectivity index (χ2v) is 3.80. The van der Waals surface area contributed by atoms with Gasteiger partial charge in [0.05, 0.1) is 18.8 Å². The molecule has 2 N–H and O–H groups in total. The third-order valence-electron chi connectivity index (χ3n) is 2.45. The average Bonchev–Trinajstić information content (AvgIpc) is 2.91. The molecule has 0 fully saturated rings. The molecule has 0 saturated heterocycles. The highest BCUT2D eigenvalue weighted by Crippen LogP contribution is 2.16. The Bertz CT molecular complexity index is 440. The first-order valence-corrected chi connectivity index (χ1v) is 5.82. The monoisotopic (exact) mass is 247 g/mol. The molecular weight excluding hydrogens is 230 g/mol. The molecule has 0 aliphatic carbocycles. The minimum absolute atomic E-state index is 0.567. The molecule has 0 spiro atoms. The lowest BCUT2D eigenvalue weighted by atomic mass is 10.3. The van der Waals surface area contributed by atoms with Crippen LogP contribution < -0.4 is 10.1 Å². The van der Waals surface area contributed by atoms with Crippen molar-refractivity contribution in [2.75, 3.05) is 25.6 Å². The summed E-state index contributed by atoms with van der Waals surface area (Å²) >= 11 is 0. The van der Waals surface area contributed by atoms with E-state index in [4.69, 9.17) is 9.47 Å². The van der Waals surface area contributed by atoms with Crippen molar-refractivity contribution in [1.82, 2.24) is 10.2 Å². The number of anilines is 1. The second kappa shape index (κ2) is 6.66. The van der Waals surface area contributed by atoms with Gasteiger partial charge in [0.2, 0.25) is 0 Å². The molecule has 5 heteroatoms. The number of rotatable bonds is 7. The Labute approximate surface area is 106 Å². The number of hydrogen-bond acceptors (Lipinski definition) is 4. The van der Waals surface area contributed by atoms with E-state index < -0.39 is 0 Å². The predicted octanol–water partition coefficient (Wildman–Crippen LogP) is 2.05. The van der Waals surface area contributed by atoms with Crippen LogP contribution in [0.1, 0.15) is 5.69 Å². The van der Waals surface area contributed by atoms with Gasteiger partial charge in [-0.15, -0.1) is 0 Å². The summed E-state index contributed by atoms with van der Waals surface area (Å²) < 4.78 is 10.4. The number of H-pyrrole nitrogens is 1. The third kappa shape index (κ3) is 3.78. The fourth-order valence-electron chi connectivity index (χ4n) is 1.49. The van der Waals surface area contributed by atoms with E-state index in [1.165, 1.54) is 0 Å². The maximum atomic E-state index is 5.48. The Hall–Kier alpha value is -2.01. The van der Waals surface area contributed by atoms with Crippen molar-refractivity contribution in [2.45, 2.75) is 6.54 Å². The van der Waals surface area contributed by atoms with Crippen LogP contribution in [0.2, 0.25) is 0 Å². The van der Waals surface area contributed by atoms with Crippen molar-refractivity contribution in [1.29, 1.82) is 0 Å². The topological polar surface area (TPSA) is 59.2 Å². The first-order chi connectivity index (χ1) is 8.88. The van der Waals surface area contributed by atoms with E-state index in [2.05, 4.69) is 15.5 Å². The summed E-state index contributed by atoms with van der Waals surface area (Å²) in [5, 5.41) is 10.1. The lowest BCUT2D eigenvalue weighted by Crippen LogP contribution is -2.04. The summed E-state index contributed by atoms with van der Waals surface area (Å²) in [6.07, 6.45) is 1.74. The molecule has 0 unspecified atom stereocenters. The smallest absolute Gasteiger partial charge is 0.119 e. The van der Waals surface area contributed by atoms with Gasteiger partial charge in [-0.2, -0.15) is 5.10 Å². The summed E-state index contributed by atoms with van der Waals surface area (Å²) in [7, 11) is 1.66. The number of benzene rings is 1. The van der Waals surface area contributed by atoms with Crippen molar-refractivity contribution in [3.63, 3.8) is 0 Å². The van der Waals surface area contributed by atoms with Gasteiger partial charge in [-0.1, -0.05) is 0 Å². The van der Waals surface area contributed by atoms with Gasteiger partial charge < -0.3 is 14.8 Å². The predicted molar refractivity (Wildman–Crippen MR) is 69.7 cm³/mol. The molecule has 2 aromatic rings. The zero-order valence-electron chi connectivity index (χ0n) is 10.3. The molecule has 2 rings (SSSR count). The number of hydrogen-bond donors (Lipinski definition) is 2. The summed E-state index contributed by atoms with van der Waals surface area (Å²) in [6.45, 7) is 1.89. The van der Waals surface area contributed by atoms with Crippen LogP contribution in [-0.2, 0) is 11.3 Å². The van der Waals surface area contributed by atoms with Gasteiger partial charge in [0.25, 0.3) is 0 Å². The SMILES string of the molecule is COCCOc1ccc(NCc2ccn[nH]2)cc1. The molecule has 0 amide bonds. The molecule has 0 atom stereocenters. The molecule has 0 aliphatic heterocycles. The summed E-state index contributed by atoms with van der Waals surface area (Å²) in [6, 6.07) is 9.78. The van der Waals surface area contributed by atoms with Crippen LogP contribution in [0, 0.1) is 0 Å². The molecule has 96 valence electrons. The fraction of sp³-hybridized carbons (Fsp3) is 0.308. The molecule has 0 saturated carbocycles.